The zero-order valence-corrected chi connectivity index (χ0v) is 10.6. The van der Waals surface area contributed by atoms with Crippen molar-refractivity contribution in [3.05, 3.63) is 46.5 Å². The molecule has 0 radical (unpaired) electrons. The van der Waals surface area contributed by atoms with E-state index in [1.807, 2.05) is 0 Å². The molecule has 0 unspecified atom stereocenters. The summed E-state index contributed by atoms with van der Waals surface area (Å²) < 4.78 is 0. The van der Waals surface area contributed by atoms with Crippen LogP contribution in [0.1, 0.15) is 11.6 Å². The van der Waals surface area contributed by atoms with Crippen LogP contribution in [0.3, 0.4) is 0 Å². The van der Waals surface area contributed by atoms with Crippen molar-refractivity contribution < 1.29 is 10.0 Å². The van der Waals surface area contributed by atoms with Crippen molar-refractivity contribution in [1.82, 2.24) is 10.2 Å². The molecule has 1 aromatic carbocycles. The molecule has 1 aliphatic heterocycles. The largest absolute Gasteiger partial charge is 0.502 e. The molecule has 2 rings (SSSR count). The fraction of sp³-hybridized carbons (Fsp3) is 0.385. The first-order valence-corrected chi connectivity index (χ1v) is 6.18. The number of nitrogens with one attached hydrogen (secondary N) is 1. The molecule has 0 aliphatic carbocycles. The van der Waals surface area contributed by atoms with Crippen LogP contribution in [0.5, 0.6) is 5.75 Å². The molecule has 0 saturated carbocycles. The Hall–Kier alpha value is -1.92. The zero-order valence-electron chi connectivity index (χ0n) is 10.6. The van der Waals surface area contributed by atoms with Gasteiger partial charge in [0.1, 0.15) is 0 Å². The van der Waals surface area contributed by atoms with E-state index in [9.17, 15) is 15.2 Å². The average Bonchev–Trinajstić information content (AvgIpc) is 2.42. The SMILES string of the molecule is C=C[C@H](c1ccc(O)c([N+](=O)[O-])c1)N1CCNCC1. The Kier molecular flexibility index (Phi) is 4.13. The van der Waals surface area contributed by atoms with Crippen LogP contribution in [0.15, 0.2) is 30.9 Å². The predicted octanol–water partition coefficient (Wildman–Crippen LogP) is 1.43. The van der Waals surface area contributed by atoms with Gasteiger partial charge in [0.15, 0.2) is 5.75 Å². The maximum atomic E-state index is 10.9. The average molecular weight is 263 g/mol. The normalized spacial score (nSPS) is 17.9. The zero-order chi connectivity index (χ0) is 13.8. The van der Waals surface area contributed by atoms with Gasteiger partial charge in [-0.1, -0.05) is 12.1 Å². The number of nitro groups is 1. The maximum absolute atomic E-state index is 10.9. The highest BCUT2D eigenvalue weighted by atomic mass is 16.6. The van der Waals surface area contributed by atoms with Crippen molar-refractivity contribution in [3.63, 3.8) is 0 Å². The molecule has 102 valence electrons. The molecule has 1 heterocycles. The van der Waals surface area contributed by atoms with Crippen molar-refractivity contribution in [1.29, 1.82) is 0 Å². The van der Waals surface area contributed by atoms with Gasteiger partial charge >= 0.3 is 5.69 Å². The second-order valence-corrected chi connectivity index (χ2v) is 4.47. The number of hydrogen-bond acceptors (Lipinski definition) is 5. The molecule has 6 heteroatoms. The van der Waals surface area contributed by atoms with Crippen molar-refractivity contribution in [3.8, 4) is 5.75 Å². The summed E-state index contributed by atoms with van der Waals surface area (Å²) in [4.78, 5) is 12.5. The molecule has 1 atom stereocenters. The highest BCUT2D eigenvalue weighted by molar-refractivity contribution is 5.48. The highest BCUT2D eigenvalue weighted by Crippen LogP contribution is 2.31. The van der Waals surface area contributed by atoms with Gasteiger partial charge in [0, 0.05) is 32.2 Å². The van der Waals surface area contributed by atoms with Crippen LogP contribution >= 0.6 is 0 Å². The molecule has 0 amide bonds. The molecular weight excluding hydrogens is 246 g/mol. The second-order valence-electron chi connectivity index (χ2n) is 4.47. The van der Waals surface area contributed by atoms with E-state index in [0.29, 0.717) is 0 Å². The number of phenolic OH excluding ortho intramolecular Hbond substituents is 1. The summed E-state index contributed by atoms with van der Waals surface area (Å²) in [5.74, 6) is -0.308. The van der Waals surface area contributed by atoms with Gasteiger partial charge < -0.3 is 10.4 Å². The first-order valence-electron chi connectivity index (χ1n) is 6.18. The van der Waals surface area contributed by atoms with Crippen LogP contribution in [0.25, 0.3) is 0 Å². The first-order chi connectivity index (χ1) is 9.13. The number of rotatable bonds is 4. The molecule has 2 N–H and O–H groups in total. The minimum Gasteiger partial charge on any atom is -0.502 e. The number of hydrogen-bond donors (Lipinski definition) is 2. The Labute approximate surface area is 111 Å². The third-order valence-electron chi connectivity index (χ3n) is 3.31. The van der Waals surface area contributed by atoms with E-state index in [-0.39, 0.29) is 17.5 Å². The Bertz CT molecular complexity index is 484. The molecule has 0 bridgehead atoms. The van der Waals surface area contributed by atoms with Crippen molar-refractivity contribution in [2.45, 2.75) is 6.04 Å². The van der Waals surface area contributed by atoms with Crippen molar-refractivity contribution in [2.24, 2.45) is 0 Å². The molecular formula is C13H17N3O3. The molecule has 19 heavy (non-hydrogen) atoms. The quantitative estimate of drug-likeness (QED) is 0.488. The molecule has 1 saturated heterocycles. The Morgan fingerprint density at radius 3 is 2.74 bits per heavy atom. The number of aromatic hydroxyl groups is 1. The molecule has 1 fully saturated rings. The van der Waals surface area contributed by atoms with Gasteiger partial charge in [-0.15, -0.1) is 6.58 Å². The fourth-order valence-electron chi connectivity index (χ4n) is 2.33. The van der Waals surface area contributed by atoms with Gasteiger partial charge in [-0.05, 0) is 11.6 Å². The van der Waals surface area contributed by atoms with Crippen LogP contribution in [0.4, 0.5) is 5.69 Å². The second kappa shape index (κ2) is 5.81. The third kappa shape index (κ3) is 2.91. The van der Waals surface area contributed by atoms with Crippen LogP contribution in [0.2, 0.25) is 0 Å². The lowest BCUT2D eigenvalue weighted by atomic mass is 10.0. The van der Waals surface area contributed by atoms with Gasteiger partial charge in [0.2, 0.25) is 0 Å². The standard InChI is InChI=1S/C13H17N3O3/c1-2-11(15-7-5-14-6-8-15)10-3-4-13(17)12(9-10)16(18)19/h2-4,9,11,14,17H,1,5-8H2/t11-/m1/s1. The van der Waals surface area contributed by atoms with E-state index in [2.05, 4.69) is 16.8 Å². The van der Waals surface area contributed by atoms with Crippen LogP contribution in [-0.2, 0) is 0 Å². The lowest BCUT2D eigenvalue weighted by molar-refractivity contribution is -0.385. The summed E-state index contributed by atoms with van der Waals surface area (Å²) in [7, 11) is 0. The number of phenols is 1. The number of benzene rings is 1. The lowest BCUT2D eigenvalue weighted by Crippen LogP contribution is -2.44. The van der Waals surface area contributed by atoms with Gasteiger partial charge in [0.05, 0.1) is 11.0 Å². The van der Waals surface area contributed by atoms with Gasteiger partial charge in [0.25, 0.3) is 0 Å². The Balaban J connectivity index is 2.29. The smallest absolute Gasteiger partial charge is 0.311 e. The summed E-state index contributed by atoms with van der Waals surface area (Å²) in [6, 6.07) is 4.42. The maximum Gasteiger partial charge on any atom is 0.311 e. The van der Waals surface area contributed by atoms with Crippen LogP contribution < -0.4 is 5.32 Å². The Morgan fingerprint density at radius 2 is 2.16 bits per heavy atom. The summed E-state index contributed by atoms with van der Waals surface area (Å²) in [6.07, 6.45) is 1.78. The lowest BCUT2D eigenvalue weighted by Gasteiger charge is -2.33. The number of nitrogens with zero attached hydrogens (tertiary/aromatic N) is 2. The summed E-state index contributed by atoms with van der Waals surface area (Å²) in [5, 5.41) is 23.6. The predicted molar refractivity (Wildman–Crippen MR) is 72.1 cm³/mol. The molecule has 1 aliphatic rings. The summed E-state index contributed by atoms with van der Waals surface area (Å²) in [5.41, 5.74) is 0.515. The van der Waals surface area contributed by atoms with E-state index >= 15 is 0 Å². The van der Waals surface area contributed by atoms with Crippen LogP contribution in [0, 0.1) is 10.1 Å². The summed E-state index contributed by atoms with van der Waals surface area (Å²) >= 11 is 0. The number of piperazine rings is 1. The van der Waals surface area contributed by atoms with Crippen LogP contribution in [-0.4, -0.2) is 41.1 Å². The fourth-order valence-corrected chi connectivity index (χ4v) is 2.33. The van der Waals surface area contributed by atoms with Gasteiger partial charge in [-0.2, -0.15) is 0 Å². The monoisotopic (exact) mass is 263 g/mol. The third-order valence-corrected chi connectivity index (χ3v) is 3.31. The Morgan fingerprint density at radius 1 is 1.47 bits per heavy atom. The van der Waals surface area contributed by atoms with Crippen molar-refractivity contribution >= 4 is 5.69 Å². The molecule has 1 aromatic rings. The minimum atomic E-state index is -0.573. The molecule has 0 spiro atoms. The molecule has 6 nitrogen and oxygen atoms in total. The highest BCUT2D eigenvalue weighted by Gasteiger charge is 2.22. The summed E-state index contributed by atoms with van der Waals surface area (Å²) in [6.45, 7) is 7.33. The van der Waals surface area contributed by atoms with E-state index in [1.165, 1.54) is 12.1 Å². The van der Waals surface area contributed by atoms with E-state index in [0.717, 1.165) is 31.7 Å². The first kappa shape index (κ1) is 13.5. The minimum absolute atomic E-state index is 0.0681. The van der Waals surface area contributed by atoms with Gasteiger partial charge in [-0.25, -0.2) is 0 Å². The topological polar surface area (TPSA) is 78.6 Å². The number of nitro benzene ring substituents is 1. The molecule has 0 aromatic heterocycles. The van der Waals surface area contributed by atoms with E-state index in [1.54, 1.807) is 12.1 Å². The van der Waals surface area contributed by atoms with E-state index in [4.69, 9.17) is 0 Å². The van der Waals surface area contributed by atoms with Gasteiger partial charge in [-0.3, -0.25) is 15.0 Å². The van der Waals surface area contributed by atoms with E-state index < -0.39 is 4.92 Å². The van der Waals surface area contributed by atoms with Crippen molar-refractivity contribution in [2.75, 3.05) is 26.2 Å².